The standard InChI is InChI=1S/C24H23NO2S/c1-27-21-14-12-19(13-15-21)22-23(28-17-16-18-8-4-2-5-9-18)24(26)25(22)20-10-6-3-7-11-20/h2-15,22-23H,16-17H2,1H3/t22-,23-/m1/s1. The second-order valence-electron chi connectivity index (χ2n) is 6.79. The van der Waals surface area contributed by atoms with Crippen molar-refractivity contribution in [1.82, 2.24) is 0 Å². The summed E-state index contributed by atoms with van der Waals surface area (Å²) in [7, 11) is 1.67. The van der Waals surface area contributed by atoms with Crippen LogP contribution in [0.3, 0.4) is 0 Å². The number of thioether (sulfide) groups is 1. The minimum absolute atomic E-state index is 0.0431. The molecule has 1 amide bonds. The van der Waals surface area contributed by atoms with Crippen LogP contribution in [0, 0.1) is 0 Å². The van der Waals surface area contributed by atoms with Crippen molar-refractivity contribution in [3.63, 3.8) is 0 Å². The fourth-order valence-electron chi connectivity index (χ4n) is 3.57. The van der Waals surface area contributed by atoms with E-state index in [2.05, 4.69) is 36.4 Å². The van der Waals surface area contributed by atoms with Crippen LogP contribution >= 0.6 is 11.8 Å². The Balaban J connectivity index is 1.53. The molecule has 142 valence electrons. The van der Waals surface area contributed by atoms with Crippen LogP contribution in [-0.2, 0) is 11.2 Å². The van der Waals surface area contributed by atoms with Crippen molar-refractivity contribution in [3.05, 3.63) is 96.1 Å². The Bertz CT molecular complexity index is 912. The van der Waals surface area contributed by atoms with Crippen LogP contribution in [-0.4, -0.2) is 24.0 Å². The number of aryl methyl sites for hydroxylation is 1. The molecular formula is C24H23NO2S. The summed E-state index contributed by atoms with van der Waals surface area (Å²) in [4.78, 5) is 14.9. The number of anilines is 1. The van der Waals surface area contributed by atoms with Gasteiger partial charge in [-0.2, -0.15) is 0 Å². The van der Waals surface area contributed by atoms with Gasteiger partial charge in [-0.3, -0.25) is 4.79 Å². The lowest BCUT2D eigenvalue weighted by Crippen LogP contribution is -2.57. The quantitative estimate of drug-likeness (QED) is 0.525. The lowest BCUT2D eigenvalue weighted by Gasteiger charge is -2.47. The molecule has 1 saturated heterocycles. The van der Waals surface area contributed by atoms with Crippen molar-refractivity contribution >= 4 is 23.4 Å². The third-order valence-electron chi connectivity index (χ3n) is 5.07. The number of amides is 1. The molecule has 0 N–H and O–H groups in total. The minimum Gasteiger partial charge on any atom is -0.497 e. The second kappa shape index (κ2) is 8.53. The number of nitrogens with zero attached hydrogens (tertiary/aromatic N) is 1. The van der Waals surface area contributed by atoms with Gasteiger partial charge in [0, 0.05) is 5.69 Å². The molecule has 0 aliphatic carbocycles. The zero-order valence-electron chi connectivity index (χ0n) is 15.8. The summed E-state index contributed by atoms with van der Waals surface area (Å²) >= 11 is 1.75. The fourth-order valence-corrected chi connectivity index (χ4v) is 4.90. The van der Waals surface area contributed by atoms with Gasteiger partial charge in [0.15, 0.2) is 0 Å². The molecule has 28 heavy (non-hydrogen) atoms. The molecule has 3 aromatic carbocycles. The SMILES string of the molecule is COc1ccc([C@@H]2[C@@H](SCCc3ccccc3)C(=O)N2c2ccccc2)cc1. The zero-order chi connectivity index (χ0) is 19.3. The number of benzene rings is 3. The number of ether oxygens (including phenoxy) is 1. The average molecular weight is 390 g/mol. The highest BCUT2D eigenvalue weighted by Crippen LogP contribution is 2.45. The predicted molar refractivity (Wildman–Crippen MR) is 116 cm³/mol. The van der Waals surface area contributed by atoms with Gasteiger partial charge in [-0.15, -0.1) is 11.8 Å². The smallest absolute Gasteiger partial charge is 0.243 e. The van der Waals surface area contributed by atoms with Crippen molar-refractivity contribution in [2.24, 2.45) is 0 Å². The zero-order valence-corrected chi connectivity index (χ0v) is 16.6. The van der Waals surface area contributed by atoms with E-state index in [0.29, 0.717) is 0 Å². The molecule has 3 nitrogen and oxygen atoms in total. The summed E-state index contributed by atoms with van der Waals surface area (Å²) in [5, 5.41) is -0.0580. The minimum atomic E-state index is -0.0580. The summed E-state index contributed by atoms with van der Waals surface area (Å²) in [5.74, 6) is 1.94. The number of para-hydroxylation sites is 1. The summed E-state index contributed by atoms with van der Waals surface area (Å²) in [6.07, 6.45) is 0.968. The highest BCUT2D eigenvalue weighted by atomic mass is 32.2. The molecule has 1 aliphatic rings. The van der Waals surface area contributed by atoms with Gasteiger partial charge in [0.05, 0.1) is 13.2 Å². The second-order valence-corrected chi connectivity index (χ2v) is 8.04. The van der Waals surface area contributed by atoms with Crippen LogP contribution in [0.4, 0.5) is 5.69 Å². The first-order valence-electron chi connectivity index (χ1n) is 9.45. The largest absolute Gasteiger partial charge is 0.497 e. The van der Waals surface area contributed by atoms with Gasteiger partial charge in [-0.1, -0.05) is 60.7 Å². The Hall–Kier alpha value is -2.72. The fraction of sp³-hybridized carbons (Fsp3) is 0.208. The number of carbonyl (C=O) groups is 1. The molecule has 1 heterocycles. The lowest BCUT2D eigenvalue weighted by molar-refractivity contribution is -0.123. The molecule has 2 atom stereocenters. The van der Waals surface area contributed by atoms with E-state index in [9.17, 15) is 4.79 Å². The van der Waals surface area contributed by atoms with Crippen LogP contribution in [0.15, 0.2) is 84.9 Å². The molecule has 0 radical (unpaired) electrons. The first-order valence-corrected chi connectivity index (χ1v) is 10.5. The van der Waals surface area contributed by atoms with Crippen LogP contribution in [0.2, 0.25) is 0 Å². The van der Waals surface area contributed by atoms with Gasteiger partial charge in [0.1, 0.15) is 11.0 Å². The van der Waals surface area contributed by atoms with Gasteiger partial charge in [-0.25, -0.2) is 0 Å². The van der Waals surface area contributed by atoms with E-state index < -0.39 is 0 Å². The van der Waals surface area contributed by atoms with E-state index in [-0.39, 0.29) is 17.2 Å². The monoisotopic (exact) mass is 389 g/mol. The summed E-state index contributed by atoms with van der Waals surface area (Å²) in [6.45, 7) is 0. The molecule has 0 saturated carbocycles. The Morgan fingerprint density at radius 2 is 1.54 bits per heavy atom. The molecule has 3 aromatic rings. The predicted octanol–water partition coefficient (Wildman–Crippen LogP) is 5.13. The molecule has 0 bridgehead atoms. The van der Waals surface area contributed by atoms with Gasteiger partial charge < -0.3 is 9.64 Å². The maximum atomic E-state index is 13.0. The van der Waals surface area contributed by atoms with E-state index in [4.69, 9.17) is 4.74 Å². The van der Waals surface area contributed by atoms with E-state index in [0.717, 1.165) is 29.2 Å². The molecule has 4 heteroatoms. The normalized spacial score (nSPS) is 18.6. The Kier molecular flexibility index (Phi) is 5.68. The first-order chi connectivity index (χ1) is 13.8. The molecule has 0 aromatic heterocycles. The highest BCUT2D eigenvalue weighted by Gasteiger charge is 2.48. The number of β-lactam (4-membered cyclic amide) rings is 1. The Morgan fingerprint density at radius 3 is 2.18 bits per heavy atom. The van der Waals surface area contributed by atoms with Crippen molar-refractivity contribution in [2.75, 3.05) is 17.8 Å². The highest BCUT2D eigenvalue weighted by molar-refractivity contribution is 8.00. The number of hydrogen-bond donors (Lipinski definition) is 0. The number of methoxy groups -OCH3 is 1. The molecule has 0 unspecified atom stereocenters. The average Bonchev–Trinajstić information content (AvgIpc) is 2.76. The molecule has 0 spiro atoms. The molecule has 1 aliphatic heterocycles. The van der Waals surface area contributed by atoms with E-state index in [1.165, 1.54) is 5.56 Å². The topological polar surface area (TPSA) is 29.5 Å². The molecule has 4 rings (SSSR count). The van der Waals surface area contributed by atoms with Crippen molar-refractivity contribution in [3.8, 4) is 5.75 Å². The maximum absolute atomic E-state index is 13.0. The maximum Gasteiger partial charge on any atom is 0.243 e. The van der Waals surface area contributed by atoms with Gasteiger partial charge in [-0.05, 0) is 47.6 Å². The van der Waals surface area contributed by atoms with E-state index in [1.54, 1.807) is 18.9 Å². The van der Waals surface area contributed by atoms with Crippen LogP contribution < -0.4 is 9.64 Å². The van der Waals surface area contributed by atoms with Crippen molar-refractivity contribution in [1.29, 1.82) is 0 Å². The van der Waals surface area contributed by atoms with Crippen LogP contribution in [0.25, 0.3) is 0 Å². The third-order valence-corrected chi connectivity index (χ3v) is 6.33. The van der Waals surface area contributed by atoms with Crippen molar-refractivity contribution in [2.45, 2.75) is 17.7 Å². The summed E-state index contributed by atoms with van der Waals surface area (Å²) in [5.41, 5.74) is 3.40. The Labute approximate surface area is 170 Å². The van der Waals surface area contributed by atoms with Crippen molar-refractivity contribution < 1.29 is 9.53 Å². The van der Waals surface area contributed by atoms with E-state index in [1.807, 2.05) is 53.4 Å². The number of carbonyl (C=O) groups excluding carboxylic acids is 1. The number of rotatable bonds is 7. The third kappa shape index (κ3) is 3.78. The molecule has 1 fully saturated rings. The Morgan fingerprint density at radius 1 is 0.893 bits per heavy atom. The summed E-state index contributed by atoms with van der Waals surface area (Å²) < 4.78 is 5.29. The van der Waals surface area contributed by atoms with Gasteiger partial charge in [0.25, 0.3) is 0 Å². The van der Waals surface area contributed by atoms with Gasteiger partial charge in [0.2, 0.25) is 5.91 Å². The lowest BCUT2D eigenvalue weighted by atomic mass is 9.92. The molecular weight excluding hydrogens is 366 g/mol. The van der Waals surface area contributed by atoms with Crippen LogP contribution in [0.1, 0.15) is 17.2 Å². The first kappa shape index (κ1) is 18.6. The summed E-state index contributed by atoms with van der Waals surface area (Å²) in [6, 6.07) is 28.5. The number of hydrogen-bond acceptors (Lipinski definition) is 3. The van der Waals surface area contributed by atoms with Gasteiger partial charge >= 0.3 is 0 Å². The van der Waals surface area contributed by atoms with Crippen LogP contribution in [0.5, 0.6) is 5.75 Å². The van der Waals surface area contributed by atoms with E-state index >= 15 is 0 Å².